The minimum atomic E-state index is 0.662. The second kappa shape index (κ2) is 4.03. The van der Waals surface area contributed by atoms with Crippen molar-refractivity contribution in [3.05, 3.63) is 23.2 Å². The van der Waals surface area contributed by atoms with Crippen molar-refractivity contribution in [2.75, 3.05) is 19.7 Å². The van der Waals surface area contributed by atoms with Gasteiger partial charge < -0.3 is 10.1 Å². The number of fused-ring (bicyclic) bond motifs is 1. The lowest BCUT2D eigenvalue weighted by Crippen LogP contribution is -2.45. The summed E-state index contributed by atoms with van der Waals surface area (Å²) < 4.78 is 7.05. The molecule has 1 aliphatic heterocycles. The monoisotopic (exact) mass is 234 g/mol. The molecule has 84 valence electrons. The zero-order chi connectivity index (χ0) is 11.0. The minimum Gasteiger partial charge on any atom is -0.491 e. The predicted octanol–water partition coefficient (Wildman–Crippen LogP) is 2.20. The lowest BCUT2D eigenvalue weighted by atomic mass is 10.1. The van der Waals surface area contributed by atoms with Gasteiger partial charge in [0.1, 0.15) is 11.3 Å². The first-order valence-corrected chi connectivity index (χ1v) is 6.34. The first-order chi connectivity index (χ1) is 7.83. The Labute approximate surface area is 98.5 Å². The molecule has 3 rings (SSSR count). The second-order valence-electron chi connectivity index (χ2n) is 4.17. The fraction of sp³-hybridized carbons (Fsp3) is 0.417. The molecule has 16 heavy (non-hydrogen) atoms. The van der Waals surface area contributed by atoms with Gasteiger partial charge in [0.25, 0.3) is 0 Å². The van der Waals surface area contributed by atoms with Gasteiger partial charge >= 0.3 is 0 Å². The number of rotatable bonds is 3. The third kappa shape index (κ3) is 1.79. The van der Waals surface area contributed by atoms with Gasteiger partial charge in [-0.25, -0.2) is 4.98 Å². The minimum absolute atomic E-state index is 0.662. The number of aromatic nitrogens is 1. The summed E-state index contributed by atoms with van der Waals surface area (Å²) in [6, 6.07) is 6.14. The summed E-state index contributed by atoms with van der Waals surface area (Å²) in [6.07, 6.45) is 0. The number of hydrogen-bond donors (Lipinski definition) is 1. The van der Waals surface area contributed by atoms with E-state index in [1.165, 1.54) is 4.70 Å². The molecule has 1 aromatic heterocycles. The zero-order valence-corrected chi connectivity index (χ0v) is 10.0. The van der Waals surface area contributed by atoms with E-state index >= 15 is 0 Å². The first-order valence-electron chi connectivity index (χ1n) is 5.52. The van der Waals surface area contributed by atoms with Crippen LogP contribution in [0.4, 0.5) is 0 Å². The van der Waals surface area contributed by atoms with Crippen LogP contribution in [0.25, 0.3) is 10.2 Å². The molecular formula is C12H14N2OS. The summed E-state index contributed by atoms with van der Waals surface area (Å²) >= 11 is 1.72. The van der Waals surface area contributed by atoms with Crippen molar-refractivity contribution in [2.45, 2.75) is 6.92 Å². The number of para-hydroxylation sites is 1. The van der Waals surface area contributed by atoms with E-state index in [9.17, 15) is 0 Å². The van der Waals surface area contributed by atoms with Gasteiger partial charge in [-0.05, 0) is 19.1 Å². The molecule has 3 nitrogen and oxygen atoms in total. The van der Waals surface area contributed by atoms with Crippen LogP contribution in [0.3, 0.4) is 0 Å². The van der Waals surface area contributed by atoms with Gasteiger partial charge in [0, 0.05) is 19.0 Å². The van der Waals surface area contributed by atoms with Crippen LogP contribution in [0.15, 0.2) is 18.2 Å². The van der Waals surface area contributed by atoms with Gasteiger partial charge in [-0.3, -0.25) is 0 Å². The molecule has 0 atom stereocenters. The number of thiazole rings is 1. The Balaban J connectivity index is 1.84. The molecule has 2 heterocycles. The van der Waals surface area contributed by atoms with Gasteiger partial charge in [0.15, 0.2) is 0 Å². The molecule has 1 aliphatic rings. The summed E-state index contributed by atoms with van der Waals surface area (Å²) in [5.41, 5.74) is 1.01. The summed E-state index contributed by atoms with van der Waals surface area (Å²) in [6.45, 7) is 4.98. The largest absolute Gasteiger partial charge is 0.491 e. The van der Waals surface area contributed by atoms with E-state index in [2.05, 4.69) is 16.4 Å². The van der Waals surface area contributed by atoms with Crippen molar-refractivity contribution in [1.29, 1.82) is 0 Å². The van der Waals surface area contributed by atoms with Crippen LogP contribution >= 0.6 is 11.3 Å². The van der Waals surface area contributed by atoms with E-state index in [-0.39, 0.29) is 0 Å². The van der Waals surface area contributed by atoms with Gasteiger partial charge in [-0.2, -0.15) is 0 Å². The number of hydrogen-bond acceptors (Lipinski definition) is 4. The van der Waals surface area contributed by atoms with E-state index in [4.69, 9.17) is 4.74 Å². The van der Waals surface area contributed by atoms with Crippen LogP contribution in [0.2, 0.25) is 0 Å². The molecule has 0 aliphatic carbocycles. The summed E-state index contributed by atoms with van der Waals surface area (Å²) in [5.74, 6) is 1.59. The van der Waals surface area contributed by atoms with Gasteiger partial charge in [-0.1, -0.05) is 6.07 Å². The number of benzene rings is 1. The van der Waals surface area contributed by atoms with Crippen molar-refractivity contribution in [2.24, 2.45) is 5.92 Å². The maximum absolute atomic E-state index is 5.84. The predicted molar refractivity (Wildman–Crippen MR) is 66.2 cm³/mol. The number of nitrogens with zero attached hydrogens (tertiary/aromatic N) is 1. The molecule has 1 aromatic carbocycles. The number of ether oxygens (including phenoxy) is 1. The van der Waals surface area contributed by atoms with E-state index < -0.39 is 0 Å². The molecule has 1 fully saturated rings. The number of nitrogens with one attached hydrogen (secondary N) is 1. The molecule has 2 aromatic rings. The standard InChI is InChI=1S/C12H14N2OS/c1-8-14-12-10(3-2-4-11(12)16-8)15-7-9-5-13-6-9/h2-4,9,13H,5-7H2,1H3. The van der Waals surface area contributed by atoms with Gasteiger partial charge in [0.2, 0.25) is 0 Å². The Hall–Kier alpha value is -1.13. The average molecular weight is 234 g/mol. The van der Waals surface area contributed by atoms with Crippen LogP contribution < -0.4 is 10.1 Å². The van der Waals surface area contributed by atoms with E-state index in [0.717, 1.165) is 36.0 Å². The van der Waals surface area contributed by atoms with Crippen LogP contribution in [-0.2, 0) is 0 Å². The van der Waals surface area contributed by atoms with Gasteiger partial charge in [-0.15, -0.1) is 11.3 Å². The Bertz CT molecular complexity index is 505. The quantitative estimate of drug-likeness (QED) is 0.884. The Morgan fingerprint density at radius 1 is 1.50 bits per heavy atom. The molecule has 0 radical (unpaired) electrons. The SMILES string of the molecule is Cc1nc2c(OCC3CNC3)cccc2s1. The van der Waals surface area contributed by atoms with E-state index in [1.807, 2.05) is 19.1 Å². The highest BCUT2D eigenvalue weighted by atomic mass is 32.1. The Kier molecular flexibility index (Phi) is 2.53. The molecule has 0 spiro atoms. The lowest BCUT2D eigenvalue weighted by molar-refractivity contribution is 0.200. The molecule has 0 bridgehead atoms. The number of aryl methyl sites for hydroxylation is 1. The second-order valence-corrected chi connectivity index (χ2v) is 5.41. The topological polar surface area (TPSA) is 34.1 Å². The molecule has 1 N–H and O–H groups in total. The third-order valence-electron chi connectivity index (χ3n) is 2.83. The Morgan fingerprint density at radius 3 is 3.12 bits per heavy atom. The molecule has 1 saturated heterocycles. The molecule has 0 amide bonds. The van der Waals surface area contributed by atoms with Crippen LogP contribution in [0.5, 0.6) is 5.75 Å². The van der Waals surface area contributed by atoms with Crippen molar-refractivity contribution in [3.63, 3.8) is 0 Å². The zero-order valence-electron chi connectivity index (χ0n) is 9.19. The van der Waals surface area contributed by atoms with Crippen molar-refractivity contribution >= 4 is 21.6 Å². The summed E-state index contributed by atoms with van der Waals surface area (Å²) in [4.78, 5) is 4.51. The fourth-order valence-electron chi connectivity index (χ4n) is 1.82. The normalized spacial score (nSPS) is 16.3. The van der Waals surface area contributed by atoms with E-state index in [0.29, 0.717) is 5.92 Å². The van der Waals surface area contributed by atoms with Crippen LogP contribution in [0.1, 0.15) is 5.01 Å². The summed E-state index contributed by atoms with van der Waals surface area (Å²) in [7, 11) is 0. The molecule has 4 heteroatoms. The van der Waals surface area contributed by atoms with Crippen molar-refractivity contribution in [3.8, 4) is 5.75 Å². The van der Waals surface area contributed by atoms with Crippen molar-refractivity contribution in [1.82, 2.24) is 10.3 Å². The fourth-order valence-corrected chi connectivity index (χ4v) is 2.67. The molecule has 0 unspecified atom stereocenters. The van der Waals surface area contributed by atoms with Crippen molar-refractivity contribution < 1.29 is 4.74 Å². The summed E-state index contributed by atoms with van der Waals surface area (Å²) in [5, 5.41) is 4.34. The maximum Gasteiger partial charge on any atom is 0.146 e. The van der Waals surface area contributed by atoms with E-state index in [1.54, 1.807) is 11.3 Å². The Morgan fingerprint density at radius 2 is 2.38 bits per heavy atom. The van der Waals surface area contributed by atoms with Crippen LogP contribution in [0, 0.1) is 12.8 Å². The highest BCUT2D eigenvalue weighted by Crippen LogP contribution is 2.29. The highest BCUT2D eigenvalue weighted by molar-refractivity contribution is 7.18. The highest BCUT2D eigenvalue weighted by Gasteiger charge is 2.18. The third-order valence-corrected chi connectivity index (χ3v) is 3.77. The average Bonchev–Trinajstić information content (AvgIpc) is 2.56. The van der Waals surface area contributed by atoms with Gasteiger partial charge in [0.05, 0.1) is 16.3 Å². The molecular weight excluding hydrogens is 220 g/mol. The van der Waals surface area contributed by atoms with Crippen LogP contribution in [-0.4, -0.2) is 24.7 Å². The maximum atomic E-state index is 5.84. The first kappa shape index (κ1) is 10.1. The molecule has 0 saturated carbocycles. The smallest absolute Gasteiger partial charge is 0.146 e. The lowest BCUT2D eigenvalue weighted by Gasteiger charge is -2.26.